The molecule has 6 heteroatoms. The van der Waals surface area contributed by atoms with Crippen molar-refractivity contribution in [2.45, 2.75) is 64.2 Å². The summed E-state index contributed by atoms with van der Waals surface area (Å²) in [6.45, 7) is 0. The number of alkyl halides is 2. The highest BCUT2D eigenvalue weighted by molar-refractivity contribution is 6.33. The van der Waals surface area contributed by atoms with Crippen molar-refractivity contribution in [3.63, 3.8) is 0 Å². The van der Waals surface area contributed by atoms with Crippen LogP contribution in [-0.2, 0) is 6.42 Å². The van der Waals surface area contributed by atoms with E-state index in [-0.39, 0.29) is 6.42 Å². The lowest BCUT2D eigenvalue weighted by molar-refractivity contribution is 0.133. The molecule has 0 saturated heterocycles. The minimum atomic E-state index is -2.16. The van der Waals surface area contributed by atoms with Gasteiger partial charge in [-0.1, -0.05) is 44.2 Å². The van der Waals surface area contributed by atoms with E-state index in [9.17, 15) is 8.78 Å². The fraction of sp³-hybridized carbons (Fsp3) is 0.625. The second-order valence-corrected chi connectivity index (χ2v) is 5.49. The van der Waals surface area contributed by atoms with Crippen LogP contribution >= 0.6 is 0 Å². The molecule has 3 nitrogen and oxygen atoms in total. The van der Waals surface area contributed by atoms with E-state index in [0.717, 1.165) is 44.9 Å². The number of halogens is 2. The summed E-state index contributed by atoms with van der Waals surface area (Å²) in [6.07, 6.45) is 5.94. The van der Waals surface area contributed by atoms with Gasteiger partial charge in [-0.2, -0.15) is 0 Å². The molecule has 0 aliphatic carbocycles. The van der Waals surface area contributed by atoms with Crippen molar-refractivity contribution in [2.24, 2.45) is 0 Å². The van der Waals surface area contributed by atoms with E-state index in [2.05, 4.69) is 0 Å². The van der Waals surface area contributed by atoms with Crippen molar-refractivity contribution in [1.29, 1.82) is 0 Å². The van der Waals surface area contributed by atoms with Crippen LogP contribution < -0.4 is 4.65 Å². The summed E-state index contributed by atoms with van der Waals surface area (Å²) in [7, 11) is -1.79. The van der Waals surface area contributed by atoms with Gasteiger partial charge in [-0.25, -0.2) is 8.78 Å². The minimum absolute atomic E-state index is 0.0347. The Morgan fingerprint density at radius 3 is 1.95 bits per heavy atom. The van der Waals surface area contributed by atoms with Crippen LogP contribution in [0.4, 0.5) is 8.78 Å². The van der Waals surface area contributed by atoms with Crippen molar-refractivity contribution < 1.29 is 23.5 Å². The monoisotopic (exact) mass is 314 g/mol. The number of unbranched alkanes of at least 4 members (excludes halogenated alkanes) is 6. The Bertz CT molecular complexity index is 385. The van der Waals surface area contributed by atoms with E-state index in [1.54, 1.807) is 12.1 Å². The molecule has 124 valence electrons. The van der Waals surface area contributed by atoms with Crippen LogP contribution in [0.5, 0.6) is 5.75 Å². The topological polar surface area (TPSA) is 49.7 Å². The Morgan fingerprint density at radius 1 is 0.864 bits per heavy atom. The normalized spacial score (nSPS) is 11.0. The molecule has 2 N–H and O–H groups in total. The molecule has 0 unspecified atom stereocenters. The predicted octanol–water partition coefficient (Wildman–Crippen LogP) is 3.96. The molecular weight excluding hydrogens is 289 g/mol. The summed E-state index contributed by atoms with van der Waals surface area (Å²) in [4.78, 5) is 0. The van der Waals surface area contributed by atoms with Crippen LogP contribution in [0.2, 0.25) is 0 Å². The van der Waals surface area contributed by atoms with E-state index < -0.39 is 13.7 Å². The minimum Gasteiger partial charge on any atom is -0.512 e. The first-order valence-electron chi connectivity index (χ1n) is 7.98. The highest BCUT2D eigenvalue weighted by Crippen LogP contribution is 2.16. The molecule has 1 aromatic rings. The first-order valence-corrected chi connectivity index (χ1v) is 7.98. The quantitative estimate of drug-likeness (QED) is 0.453. The lowest BCUT2D eigenvalue weighted by Gasteiger charge is -2.06. The largest absolute Gasteiger partial charge is 0.707 e. The smallest absolute Gasteiger partial charge is 0.512 e. The van der Waals surface area contributed by atoms with Crippen LogP contribution in [0.15, 0.2) is 24.3 Å². The number of benzene rings is 1. The van der Waals surface area contributed by atoms with Gasteiger partial charge in [0, 0.05) is 6.42 Å². The number of hydrogen-bond acceptors (Lipinski definition) is 3. The third kappa shape index (κ3) is 9.74. The van der Waals surface area contributed by atoms with Crippen LogP contribution in [0.25, 0.3) is 0 Å². The van der Waals surface area contributed by atoms with Crippen molar-refractivity contribution in [2.75, 3.05) is 0 Å². The molecular formula is C16H25BF2O3. The zero-order valence-electron chi connectivity index (χ0n) is 12.9. The van der Waals surface area contributed by atoms with Gasteiger partial charge in [-0.15, -0.1) is 0 Å². The van der Waals surface area contributed by atoms with Gasteiger partial charge < -0.3 is 14.7 Å². The average Bonchev–Trinajstić information content (AvgIpc) is 2.46. The van der Waals surface area contributed by atoms with Gasteiger partial charge in [0.05, 0.1) is 0 Å². The lowest BCUT2D eigenvalue weighted by atomic mass is 10.0. The Hall–Kier alpha value is -1.14. The molecule has 0 fully saturated rings. The van der Waals surface area contributed by atoms with Crippen LogP contribution in [0, 0.1) is 0 Å². The first kappa shape index (κ1) is 18.9. The lowest BCUT2D eigenvalue weighted by Crippen LogP contribution is -2.20. The third-order valence-electron chi connectivity index (χ3n) is 3.55. The SMILES string of the molecule is OB(O)Oc1ccc(CCCCCCCCCC(F)F)cc1. The van der Waals surface area contributed by atoms with Crippen LogP contribution in [0.3, 0.4) is 0 Å². The van der Waals surface area contributed by atoms with Gasteiger partial charge in [0.1, 0.15) is 5.75 Å². The average molecular weight is 314 g/mol. The van der Waals surface area contributed by atoms with Gasteiger partial charge >= 0.3 is 7.32 Å². The summed E-state index contributed by atoms with van der Waals surface area (Å²) in [6, 6.07) is 7.28. The molecule has 0 aliphatic heterocycles. The number of hydrogen-bond donors (Lipinski definition) is 2. The van der Waals surface area contributed by atoms with E-state index in [1.807, 2.05) is 12.1 Å². The molecule has 1 rings (SSSR count). The Morgan fingerprint density at radius 2 is 1.41 bits per heavy atom. The summed E-state index contributed by atoms with van der Waals surface area (Å²) in [5.74, 6) is 0.433. The van der Waals surface area contributed by atoms with Crippen LogP contribution in [0.1, 0.15) is 56.9 Å². The second-order valence-electron chi connectivity index (χ2n) is 5.49. The Balaban J connectivity index is 2.00. The molecule has 0 radical (unpaired) electrons. The molecule has 0 atom stereocenters. The van der Waals surface area contributed by atoms with Crippen LogP contribution in [-0.4, -0.2) is 23.8 Å². The zero-order chi connectivity index (χ0) is 16.2. The van der Waals surface area contributed by atoms with E-state index in [0.29, 0.717) is 12.2 Å². The molecule has 0 amide bonds. The molecule has 0 bridgehead atoms. The molecule has 22 heavy (non-hydrogen) atoms. The molecule has 1 aromatic carbocycles. The van der Waals surface area contributed by atoms with Crippen molar-refractivity contribution >= 4 is 7.32 Å². The second kappa shape index (κ2) is 11.4. The van der Waals surface area contributed by atoms with Gasteiger partial charge in [-0.05, 0) is 37.0 Å². The third-order valence-corrected chi connectivity index (χ3v) is 3.55. The predicted molar refractivity (Wildman–Crippen MR) is 83.9 cm³/mol. The zero-order valence-corrected chi connectivity index (χ0v) is 12.9. The maximum Gasteiger partial charge on any atom is 0.707 e. The standard InChI is InChI=1S/C16H25BF2O3/c18-16(19)9-7-5-3-1-2-4-6-8-14-10-12-15(13-11-14)22-17(20)21/h10-13,16,20-21H,1-9H2. The maximum absolute atomic E-state index is 11.9. The summed E-state index contributed by atoms with van der Waals surface area (Å²) >= 11 is 0. The van der Waals surface area contributed by atoms with Gasteiger partial charge in [0.15, 0.2) is 0 Å². The van der Waals surface area contributed by atoms with E-state index in [4.69, 9.17) is 14.7 Å². The van der Waals surface area contributed by atoms with E-state index in [1.165, 1.54) is 5.56 Å². The fourth-order valence-corrected chi connectivity index (χ4v) is 2.37. The number of rotatable bonds is 12. The van der Waals surface area contributed by atoms with E-state index >= 15 is 0 Å². The van der Waals surface area contributed by atoms with Gasteiger partial charge in [0.2, 0.25) is 6.43 Å². The van der Waals surface area contributed by atoms with Crippen molar-refractivity contribution in [1.82, 2.24) is 0 Å². The van der Waals surface area contributed by atoms with Gasteiger partial charge in [-0.3, -0.25) is 0 Å². The van der Waals surface area contributed by atoms with Gasteiger partial charge in [0.25, 0.3) is 0 Å². The molecule has 0 heterocycles. The van der Waals surface area contributed by atoms with Crippen molar-refractivity contribution in [3.8, 4) is 5.75 Å². The molecule has 0 spiro atoms. The molecule has 0 aliphatic rings. The Labute approximate surface area is 131 Å². The Kier molecular flexibility index (Phi) is 9.83. The fourth-order valence-electron chi connectivity index (χ4n) is 2.37. The summed E-state index contributed by atoms with van der Waals surface area (Å²) in [5, 5.41) is 17.4. The summed E-state index contributed by atoms with van der Waals surface area (Å²) in [5.41, 5.74) is 1.19. The molecule has 0 aromatic heterocycles. The van der Waals surface area contributed by atoms with Crippen molar-refractivity contribution in [3.05, 3.63) is 29.8 Å². The maximum atomic E-state index is 11.9. The number of aryl methyl sites for hydroxylation is 1. The first-order chi connectivity index (χ1) is 10.6. The molecule has 0 saturated carbocycles. The summed E-state index contributed by atoms with van der Waals surface area (Å²) < 4.78 is 28.6. The highest BCUT2D eigenvalue weighted by Gasteiger charge is 2.10. The highest BCUT2D eigenvalue weighted by atomic mass is 19.3.